The Bertz CT molecular complexity index is 433. The van der Waals surface area contributed by atoms with Crippen LogP contribution >= 0.6 is 0 Å². The molecule has 1 aromatic heterocycles. The van der Waals surface area contributed by atoms with E-state index in [2.05, 4.69) is 24.2 Å². The monoisotopic (exact) mass is 215 g/mol. The summed E-state index contributed by atoms with van der Waals surface area (Å²) >= 11 is 0. The zero-order valence-electron chi connectivity index (χ0n) is 9.50. The third-order valence-electron chi connectivity index (χ3n) is 2.61. The molecule has 0 amide bonds. The van der Waals surface area contributed by atoms with E-state index < -0.39 is 0 Å². The molecule has 2 aromatic rings. The van der Waals surface area contributed by atoms with E-state index in [0.29, 0.717) is 12.5 Å². The molecule has 1 atom stereocenters. The van der Waals surface area contributed by atoms with Crippen LogP contribution in [0.25, 0.3) is 11.3 Å². The molecular weight excluding hydrogens is 198 g/mol. The Morgan fingerprint density at radius 2 is 2.00 bits per heavy atom. The molecule has 16 heavy (non-hydrogen) atoms. The molecule has 0 spiro atoms. The first-order chi connectivity index (χ1) is 7.79. The van der Waals surface area contributed by atoms with Crippen molar-refractivity contribution in [2.45, 2.75) is 13.5 Å². The lowest BCUT2D eigenvalue weighted by molar-refractivity contribution is 0.459. The molecule has 0 aliphatic heterocycles. The van der Waals surface area contributed by atoms with Gasteiger partial charge in [-0.2, -0.15) is 5.10 Å². The SMILES string of the molecule is CC(CN)Cn1ccc(-c2ccccc2)n1. The van der Waals surface area contributed by atoms with E-state index in [9.17, 15) is 0 Å². The first kappa shape index (κ1) is 10.9. The Morgan fingerprint density at radius 3 is 2.69 bits per heavy atom. The number of aromatic nitrogens is 2. The summed E-state index contributed by atoms with van der Waals surface area (Å²) in [5.74, 6) is 0.462. The van der Waals surface area contributed by atoms with Crippen molar-refractivity contribution in [1.82, 2.24) is 9.78 Å². The molecule has 0 radical (unpaired) electrons. The number of hydrogen-bond donors (Lipinski definition) is 1. The first-order valence-corrected chi connectivity index (χ1v) is 5.58. The van der Waals surface area contributed by atoms with Gasteiger partial charge >= 0.3 is 0 Å². The maximum atomic E-state index is 5.60. The molecule has 1 heterocycles. The molecule has 0 saturated heterocycles. The summed E-state index contributed by atoms with van der Waals surface area (Å²) in [7, 11) is 0. The van der Waals surface area contributed by atoms with Crippen LogP contribution in [0, 0.1) is 5.92 Å². The van der Waals surface area contributed by atoms with E-state index in [1.165, 1.54) is 0 Å². The minimum Gasteiger partial charge on any atom is -0.330 e. The normalized spacial score (nSPS) is 12.6. The Kier molecular flexibility index (Phi) is 3.37. The second-order valence-electron chi connectivity index (χ2n) is 4.13. The lowest BCUT2D eigenvalue weighted by Crippen LogP contribution is -2.17. The van der Waals surface area contributed by atoms with E-state index in [1.54, 1.807) is 0 Å². The highest BCUT2D eigenvalue weighted by Gasteiger charge is 2.04. The van der Waals surface area contributed by atoms with E-state index in [0.717, 1.165) is 17.8 Å². The average molecular weight is 215 g/mol. The summed E-state index contributed by atoms with van der Waals surface area (Å²) < 4.78 is 1.96. The van der Waals surface area contributed by atoms with Gasteiger partial charge in [-0.15, -0.1) is 0 Å². The molecule has 3 heteroatoms. The van der Waals surface area contributed by atoms with Crippen molar-refractivity contribution in [2.75, 3.05) is 6.54 Å². The Labute approximate surface area is 95.9 Å². The average Bonchev–Trinajstić information content (AvgIpc) is 2.78. The van der Waals surface area contributed by atoms with Gasteiger partial charge in [0.25, 0.3) is 0 Å². The zero-order valence-corrected chi connectivity index (χ0v) is 9.50. The molecule has 3 nitrogen and oxygen atoms in total. The van der Waals surface area contributed by atoms with Crippen molar-refractivity contribution in [3.63, 3.8) is 0 Å². The van der Waals surface area contributed by atoms with Crippen LogP contribution in [0.2, 0.25) is 0 Å². The molecule has 2 N–H and O–H groups in total. The molecule has 0 bridgehead atoms. The third kappa shape index (κ3) is 2.49. The van der Waals surface area contributed by atoms with Gasteiger partial charge in [0.15, 0.2) is 0 Å². The highest BCUT2D eigenvalue weighted by atomic mass is 15.3. The van der Waals surface area contributed by atoms with Crippen LogP contribution < -0.4 is 5.73 Å². The van der Waals surface area contributed by atoms with Crippen molar-refractivity contribution in [1.29, 1.82) is 0 Å². The van der Waals surface area contributed by atoms with Gasteiger partial charge in [0, 0.05) is 18.3 Å². The predicted octanol–water partition coefficient (Wildman–Crippen LogP) is 2.14. The van der Waals surface area contributed by atoms with Crippen LogP contribution in [0.5, 0.6) is 0 Å². The Balaban J connectivity index is 2.14. The van der Waals surface area contributed by atoms with E-state index in [4.69, 9.17) is 5.73 Å². The Morgan fingerprint density at radius 1 is 1.25 bits per heavy atom. The van der Waals surface area contributed by atoms with Crippen LogP contribution in [0.3, 0.4) is 0 Å². The lowest BCUT2D eigenvalue weighted by Gasteiger charge is -2.07. The molecule has 1 unspecified atom stereocenters. The summed E-state index contributed by atoms with van der Waals surface area (Å²) in [6, 6.07) is 12.2. The van der Waals surface area contributed by atoms with Gasteiger partial charge < -0.3 is 5.73 Å². The minimum absolute atomic E-state index is 0.462. The minimum atomic E-state index is 0.462. The maximum Gasteiger partial charge on any atom is 0.0923 e. The molecule has 2 rings (SSSR count). The number of nitrogens with two attached hydrogens (primary N) is 1. The van der Waals surface area contributed by atoms with Crippen molar-refractivity contribution in [3.8, 4) is 11.3 Å². The molecule has 0 aliphatic carbocycles. The summed E-state index contributed by atoms with van der Waals surface area (Å²) in [5.41, 5.74) is 7.77. The molecule has 0 saturated carbocycles. The standard InChI is InChI=1S/C13H17N3/c1-11(9-14)10-16-8-7-13(15-16)12-5-3-2-4-6-12/h2-8,11H,9-10,14H2,1H3. The van der Waals surface area contributed by atoms with Gasteiger partial charge in [0.05, 0.1) is 5.69 Å². The second kappa shape index (κ2) is 4.94. The summed E-state index contributed by atoms with van der Waals surface area (Å²) in [6.45, 7) is 3.70. The quantitative estimate of drug-likeness (QED) is 0.849. The van der Waals surface area contributed by atoms with Crippen molar-refractivity contribution >= 4 is 0 Å². The van der Waals surface area contributed by atoms with Gasteiger partial charge in [-0.1, -0.05) is 37.3 Å². The molecular formula is C13H17N3. The summed E-state index contributed by atoms with van der Waals surface area (Å²) in [5, 5.41) is 4.53. The fraction of sp³-hybridized carbons (Fsp3) is 0.308. The van der Waals surface area contributed by atoms with Crippen LogP contribution in [0.15, 0.2) is 42.6 Å². The summed E-state index contributed by atoms with van der Waals surface area (Å²) in [6.07, 6.45) is 2.01. The predicted molar refractivity (Wildman–Crippen MR) is 65.9 cm³/mol. The maximum absolute atomic E-state index is 5.60. The largest absolute Gasteiger partial charge is 0.330 e. The first-order valence-electron chi connectivity index (χ1n) is 5.58. The van der Waals surface area contributed by atoms with Gasteiger partial charge in [0.1, 0.15) is 0 Å². The highest BCUT2D eigenvalue weighted by molar-refractivity contribution is 5.57. The van der Waals surface area contributed by atoms with Crippen molar-refractivity contribution < 1.29 is 0 Å². The Hall–Kier alpha value is -1.61. The van der Waals surface area contributed by atoms with Gasteiger partial charge in [-0.3, -0.25) is 4.68 Å². The topological polar surface area (TPSA) is 43.8 Å². The molecule has 84 valence electrons. The smallest absolute Gasteiger partial charge is 0.0923 e. The molecule has 0 aliphatic rings. The van der Waals surface area contributed by atoms with Crippen molar-refractivity contribution in [3.05, 3.63) is 42.6 Å². The molecule has 0 fully saturated rings. The number of nitrogens with zero attached hydrogens (tertiary/aromatic N) is 2. The van der Waals surface area contributed by atoms with E-state index in [1.807, 2.05) is 35.1 Å². The van der Waals surface area contributed by atoms with Crippen molar-refractivity contribution in [2.24, 2.45) is 11.7 Å². The number of hydrogen-bond acceptors (Lipinski definition) is 2. The molecule has 1 aromatic carbocycles. The summed E-state index contributed by atoms with van der Waals surface area (Å²) in [4.78, 5) is 0. The lowest BCUT2D eigenvalue weighted by atomic mass is 10.2. The zero-order chi connectivity index (χ0) is 11.4. The van der Waals surface area contributed by atoms with Crippen LogP contribution in [-0.2, 0) is 6.54 Å². The fourth-order valence-electron chi connectivity index (χ4n) is 1.62. The van der Waals surface area contributed by atoms with Crippen LogP contribution in [-0.4, -0.2) is 16.3 Å². The number of benzene rings is 1. The van der Waals surface area contributed by atoms with E-state index in [-0.39, 0.29) is 0 Å². The van der Waals surface area contributed by atoms with E-state index >= 15 is 0 Å². The number of rotatable bonds is 4. The third-order valence-corrected chi connectivity index (χ3v) is 2.61. The van der Waals surface area contributed by atoms with Gasteiger partial charge in [-0.05, 0) is 18.5 Å². The highest BCUT2D eigenvalue weighted by Crippen LogP contribution is 2.16. The van der Waals surface area contributed by atoms with Gasteiger partial charge in [0.2, 0.25) is 0 Å². The van der Waals surface area contributed by atoms with Gasteiger partial charge in [-0.25, -0.2) is 0 Å². The van der Waals surface area contributed by atoms with Crippen LogP contribution in [0.1, 0.15) is 6.92 Å². The van der Waals surface area contributed by atoms with Crippen LogP contribution in [0.4, 0.5) is 0 Å². The second-order valence-corrected chi connectivity index (χ2v) is 4.13. The fourth-order valence-corrected chi connectivity index (χ4v) is 1.62.